The van der Waals surface area contributed by atoms with E-state index >= 15 is 0 Å². The second-order valence-corrected chi connectivity index (χ2v) is 5.63. The zero-order valence-electron chi connectivity index (χ0n) is 13.4. The van der Waals surface area contributed by atoms with Gasteiger partial charge in [-0.1, -0.05) is 36.4 Å². The third kappa shape index (κ3) is 3.44. The Balaban J connectivity index is 1.76. The molecule has 24 heavy (non-hydrogen) atoms. The van der Waals surface area contributed by atoms with Crippen LogP contribution in [0.25, 0.3) is 0 Å². The maximum absolute atomic E-state index is 12.6. The van der Waals surface area contributed by atoms with E-state index in [0.29, 0.717) is 6.54 Å². The Morgan fingerprint density at radius 1 is 1.25 bits per heavy atom. The summed E-state index contributed by atoms with van der Waals surface area (Å²) in [4.78, 5) is 30.3. The van der Waals surface area contributed by atoms with Crippen LogP contribution in [0.15, 0.2) is 54.7 Å². The number of carbonyl (C=O) groups is 2. The third-order valence-electron chi connectivity index (χ3n) is 4.05. The van der Waals surface area contributed by atoms with Crippen LogP contribution >= 0.6 is 0 Å². The Kier molecular flexibility index (Phi) is 4.86. The van der Waals surface area contributed by atoms with E-state index < -0.39 is 12.1 Å². The van der Waals surface area contributed by atoms with E-state index in [2.05, 4.69) is 10.3 Å². The highest BCUT2D eigenvalue weighted by Crippen LogP contribution is 2.29. The summed E-state index contributed by atoms with van der Waals surface area (Å²) in [7, 11) is 1.70. The van der Waals surface area contributed by atoms with E-state index in [1.165, 1.54) is 0 Å². The minimum absolute atomic E-state index is 0.0957. The van der Waals surface area contributed by atoms with Crippen LogP contribution in [0.4, 0.5) is 0 Å². The summed E-state index contributed by atoms with van der Waals surface area (Å²) in [5, 5.41) is 2.84. The van der Waals surface area contributed by atoms with Crippen molar-refractivity contribution in [3.8, 4) is 0 Å². The first-order chi connectivity index (χ1) is 11.7. The second-order valence-electron chi connectivity index (χ2n) is 5.63. The van der Waals surface area contributed by atoms with Crippen LogP contribution in [-0.2, 0) is 20.9 Å². The van der Waals surface area contributed by atoms with Crippen LogP contribution in [0.1, 0.15) is 17.3 Å². The average Bonchev–Trinajstić information content (AvgIpc) is 2.63. The van der Waals surface area contributed by atoms with Crippen molar-refractivity contribution in [1.29, 1.82) is 0 Å². The SMILES string of the molecule is CN1C(=O)COC(C(=O)NCc2ccccn2)C1c1ccccc1. The maximum Gasteiger partial charge on any atom is 0.252 e. The molecule has 2 amide bonds. The fraction of sp³-hybridized carbons (Fsp3) is 0.278. The number of nitrogens with one attached hydrogen (secondary N) is 1. The number of rotatable bonds is 4. The summed E-state index contributed by atoms with van der Waals surface area (Å²) < 4.78 is 5.55. The van der Waals surface area contributed by atoms with Gasteiger partial charge in [0.15, 0.2) is 6.10 Å². The van der Waals surface area contributed by atoms with E-state index in [1.54, 1.807) is 18.1 Å². The first kappa shape index (κ1) is 16.1. The molecule has 1 aliphatic heterocycles. The van der Waals surface area contributed by atoms with Gasteiger partial charge >= 0.3 is 0 Å². The molecule has 1 fully saturated rings. The summed E-state index contributed by atoms with van der Waals surface area (Å²) in [6, 6.07) is 14.5. The summed E-state index contributed by atoms with van der Waals surface area (Å²) in [6.45, 7) is 0.222. The van der Waals surface area contributed by atoms with Crippen LogP contribution in [0.3, 0.4) is 0 Å². The fourth-order valence-electron chi connectivity index (χ4n) is 2.76. The van der Waals surface area contributed by atoms with Gasteiger partial charge in [0.2, 0.25) is 5.91 Å². The molecule has 1 aromatic heterocycles. The number of nitrogens with zero attached hydrogens (tertiary/aromatic N) is 2. The fourth-order valence-corrected chi connectivity index (χ4v) is 2.76. The number of pyridine rings is 1. The van der Waals surface area contributed by atoms with Crippen LogP contribution in [0, 0.1) is 0 Å². The Bertz CT molecular complexity index is 706. The molecule has 124 valence electrons. The van der Waals surface area contributed by atoms with Crippen molar-refractivity contribution in [2.24, 2.45) is 0 Å². The van der Waals surface area contributed by atoms with Crippen molar-refractivity contribution in [1.82, 2.24) is 15.2 Å². The number of hydrogen-bond donors (Lipinski definition) is 1. The summed E-state index contributed by atoms with van der Waals surface area (Å²) >= 11 is 0. The van der Waals surface area contributed by atoms with Gasteiger partial charge < -0.3 is 15.0 Å². The smallest absolute Gasteiger partial charge is 0.252 e. The van der Waals surface area contributed by atoms with Crippen molar-refractivity contribution < 1.29 is 14.3 Å². The standard InChI is InChI=1S/C18H19N3O3/c1-21-15(22)12-24-17(16(21)13-7-3-2-4-8-13)18(23)20-11-14-9-5-6-10-19-14/h2-10,16-17H,11-12H2,1H3,(H,20,23). The summed E-state index contributed by atoms with van der Waals surface area (Å²) in [5.74, 6) is -0.397. The van der Waals surface area contributed by atoms with Gasteiger partial charge in [-0.25, -0.2) is 0 Å². The molecular formula is C18H19N3O3. The number of benzene rings is 1. The molecule has 6 heteroatoms. The van der Waals surface area contributed by atoms with Crippen molar-refractivity contribution in [2.45, 2.75) is 18.7 Å². The molecule has 3 rings (SSSR count). The molecule has 0 radical (unpaired) electrons. The lowest BCUT2D eigenvalue weighted by Crippen LogP contribution is -2.52. The van der Waals surface area contributed by atoms with Gasteiger partial charge in [-0.3, -0.25) is 14.6 Å². The van der Waals surface area contributed by atoms with Gasteiger partial charge in [-0.05, 0) is 17.7 Å². The van der Waals surface area contributed by atoms with E-state index in [4.69, 9.17) is 4.74 Å². The first-order valence-electron chi connectivity index (χ1n) is 7.76. The van der Waals surface area contributed by atoms with E-state index in [1.807, 2.05) is 48.5 Å². The van der Waals surface area contributed by atoms with Crippen molar-refractivity contribution in [3.05, 3.63) is 66.0 Å². The molecule has 2 heterocycles. The Labute approximate surface area is 140 Å². The van der Waals surface area contributed by atoms with E-state index in [9.17, 15) is 9.59 Å². The molecule has 2 atom stereocenters. The number of ether oxygens (including phenoxy) is 1. The van der Waals surface area contributed by atoms with E-state index in [0.717, 1.165) is 11.3 Å². The van der Waals surface area contributed by atoms with Crippen molar-refractivity contribution in [3.63, 3.8) is 0 Å². The lowest BCUT2D eigenvalue weighted by molar-refractivity contribution is -0.162. The summed E-state index contributed by atoms with van der Waals surface area (Å²) in [6.07, 6.45) is 0.927. The van der Waals surface area contributed by atoms with Crippen LogP contribution < -0.4 is 5.32 Å². The van der Waals surface area contributed by atoms with Crippen LogP contribution in [0.5, 0.6) is 0 Å². The van der Waals surface area contributed by atoms with E-state index in [-0.39, 0.29) is 18.4 Å². The predicted molar refractivity (Wildman–Crippen MR) is 87.8 cm³/mol. The number of amides is 2. The number of likely N-dealkylation sites (N-methyl/N-ethyl adjacent to an activating group) is 1. The van der Waals surface area contributed by atoms with Crippen LogP contribution in [0.2, 0.25) is 0 Å². The molecule has 6 nitrogen and oxygen atoms in total. The minimum atomic E-state index is -0.751. The summed E-state index contributed by atoms with van der Waals surface area (Å²) in [5.41, 5.74) is 1.63. The number of aromatic nitrogens is 1. The number of morpholine rings is 1. The Morgan fingerprint density at radius 3 is 2.71 bits per heavy atom. The Hall–Kier alpha value is -2.73. The van der Waals surface area contributed by atoms with Gasteiger partial charge in [-0.15, -0.1) is 0 Å². The van der Waals surface area contributed by atoms with Crippen molar-refractivity contribution >= 4 is 11.8 Å². The molecule has 2 unspecified atom stereocenters. The molecule has 2 aromatic rings. The van der Waals surface area contributed by atoms with Gasteiger partial charge in [0.05, 0.1) is 18.3 Å². The molecule has 0 aliphatic carbocycles. The first-order valence-corrected chi connectivity index (χ1v) is 7.76. The van der Waals surface area contributed by atoms with Gasteiger partial charge in [0.1, 0.15) is 6.61 Å². The van der Waals surface area contributed by atoms with Gasteiger partial charge in [0.25, 0.3) is 5.91 Å². The second kappa shape index (κ2) is 7.23. The zero-order chi connectivity index (χ0) is 16.9. The highest BCUT2D eigenvalue weighted by molar-refractivity contribution is 5.86. The van der Waals surface area contributed by atoms with Gasteiger partial charge in [0, 0.05) is 13.2 Å². The number of hydrogen-bond acceptors (Lipinski definition) is 4. The van der Waals surface area contributed by atoms with Crippen molar-refractivity contribution in [2.75, 3.05) is 13.7 Å². The van der Waals surface area contributed by atoms with Crippen LogP contribution in [-0.4, -0.2) is 41.5 Å². The monoisotopic (exact) mass is 325 g/mol. The molecule has 1 N–H and O–H groups in total. The molecule has 1 aliphatic rings. The lowest BCUT2D eigenvalue weighted by atomic mass is 9.97. The highest BCUT2D eigenvalue weighted by atomic mass is 16.5. The average molecular weight is 325 g/mol. The zero-order valence-corrected chi connectivity index (χ0v) is 13.4. The quantitative estimate of drug-likeness (QED) is 0.920. The molecule has 1 aromatic carbocycles. The molecule has 1 saturated heterocycles. The normalized spacial score (nSPS) is 20.7. The molecule has 0 saturated carbocycles. The number of carbonyl (C=O) groups excluding carboxylic acids is 2. The Morgan fingerprint density at radius 2 is 2.00 bits per heavy atom. The lowest BCUT2D eigenvalue weighted by Gasteiger charge is -2.38. The largest absolute Gasteiger partial charge is 0.356 e. The molecule has 0 spiro atoms. The third-order valence-corrected chi connectivity index (χ3v) is 4.05. The highest BCUT2D eigenvalue weighted by Gasteiger charge is 2.39. The maximum atomic E-state index is 12.6. The topological polar surface area (TPSA) is 71.5 Å². The minimum Gasteiger partial charge on any atom is -0.356 e. The predicted octanol–water partition coefficient (Wildman–Crippen LogP) is 1.30. The van der Waals surface area contributed by atoms with Gasteiger partial charge in [-0.2, -0.15) is 0 Å². The molecular weight excluding hydrogens is 306 g/mol. The molecule has 0 bridgehead atoms.